The number of ether oxygens (including phenoxy) is 2. The van der Waals surface area contributed by atoms with Crippen molar-refractivity contribution >= 4 is 12.2 Å². The van der Waals surface area contributed by atoms with Crippen LogP contribution < -0.4 is 4.74 Å². The molecule has 134 valence electrons. The van der Waals surface area contributed by atoms with Crippen molar-refractivity contribution in [2.45, 2.75) is 0 Å². The van der Waals surface area contributed by atoms with Gasteiger partial charge in [0.2, 0.25) is 5.88 Å². The Morgan fingerprint density at radius 1 is 0.962 bits per heavy atom. The second-order valence-electron chi connectivity index (χ2n) is 5.35. The van der Waals surface area contributed by atoms with E-state index in [-0.39, 0.29) is 6.61 Å². The van der Waals surface area contributed by atoms with Crippen LogP contribution in [0, 0.1) is 0 Å². The molecule has 3 aromatic rings. The SMILES string of the molecule is [18F]CCOCCOc1ccc(/C=C/c2ccc(-n3ccnn3)cc2)cn1. The van der Waals surface area contributed by atoms with Gasteiger partial charge in [-0.1, -0.05) is 29.5 Å². The lowest BCUT2D eigenvalue weighted by Crippen LogP contribution is -2.08. The molecule has 3 rings (SSSR count). The number of hydrogen-bond donors (Lipinski definition) is 0. The summed E-state index contributed by atoms with van der Waals surface area (Å²) in [7, 11) is 0. The van der Waals surface area contributed by atoms with Gasteiger partial charge < -0.3 is 9.47 Å². The van der Waals surface area contributed by atoms with E-state index in [4.69, 9.17) is 9.47 Å². The molecular formula is C19H19FN4O2. The Balaban J connectivity index is 1.52. The molecule has 0 aliphatic heterocycles. The first-order valence-electron chi connectivity index (χ1n) is 8.22. The second-order valence-corrected chi connectivity index (χ2v) is 5.35. The van der Waals surface area contributed by atoms with Crippen LogP contribution in [0.1, 0.15) is 11.1 Å². The van der Waals surface area contributed by atoms with Gasteiger partial charge in [0.05, 0.1) is 31.3 Å². The molecule has 0 saturated carbocycles. The molecule has 0 fully saturated rings. The van der Waals surface area contributed by atoms with Crippen molar-refractivity contribution in [2.24, 2.45) is 0 Å². The van der Waals surface area contributed by atoms with Gasteiger partial charge in [-0.25, -0.2) is 14.1 Å². The predicted octanol–water partition coefficient (Wildman–Crippen LogP) is 3.20. The minimum Gasteiger partial charge on any atom is -0.475 e. The summed E-state index contributed by atoms with van der Waals surface area (Å²) in [5.41, 5.74) is 2.99. The Bertz CT molecular complexity index is 803. The first kappa shape index (κ1) is 17.8. The van der Waals surface area contributed by atoms with Gasteiger partial charge in [0.25, 0.3) is 0 Å². The summed E-state index contributed by atoms with van der Waals surface area (Å²) in [5, 5.41) is 7.75. The molecule has 7 heteroatoms. The predicted molar refractivity (Wildman–Crippen MR) is 96.8 cm³/mol. The summed E-state index contributed by atoms with van der Waals surface area (Å²) in [6.07, 6.45) is 9.16. The number of nitrogens with zero attached hydrogens (tertiary/aromatic N) is 4. The normalized spacial score (nSPS) is 11.1. The Morgan fingerprint density at radius 3 is 2.46 bits per heavy atom. The zero-order chi connectivity index (χ0) is 18.0. The fourth-order valence-corrected chi connectivity index (χ4v) is 2.21. The van der Waals surface area contributed by atoms with E-state index < -0.39 is 6.67 Å². The molecule has 6 nitrogen and oxygen atoms in total. The summed E-state index contributed by atoms with van der Waals surface area (Å²) in [4.78, 5) is 4.23. The minimum atomic E-state index is -0.484. The van der Waals surface area contributed by atoms with Gasteiger partial charge in [-0.3, -0.25) is 0 Å². The van der Waals surface area contributed by atoms with E-state index in [9.17, 15) is 4.39 Å². The smallest absolute Gasteiger partial charge is 0.213 e. The second kappa shape index (κ2) is 9.43. The van der Waals surface area contributed by atoms with E-state index in [2.05, 4.69) is 15.3 Å². The van der Waals surface area contributed by atoms with Crippen LogP contribution in [0.15, 0.2) is 55.0 Å². The number of halogens is 1. The van der Waals surface area contributed by atoms with Gasteiger partial charge in [-0.05, 0) is 29.3 Å². The topological polar surface area (TPSA) is 62.1 Å². The van der Waals surface area contributed by atoms with Gasteiger partial charge in [-0.2, -0.15) is 0 Å². The summed E-state index contributed by atoms with van der Waals surface area (Å²) in [6, 6.07) is 11.7. The maximum Gasteiger partial charge on any atom is 0.213 e. The average molecular weight is 353 g/mol. The molecule has 0 amide bonds. The van der Waals surface area contributed by atoms with Crippen molar-refractivity contribution in [2.75, 3.05) is 26.5 Å². The summed E-state index contributed by atoms with van der Waals surface area (Å²) < 4.78 is 24.0. The van der Waals surface area contributed by atoms with Crippen LogP contribution in [0.5, 0.6) is 5.88 Å². The number of rotatable bonds is 9. The Kier molecular flexibility index (Phi) is 6.44. The lowest BCUT2D eigenvalue weighted by molar-refractivity contribution is 0.0883. The zero-order valence-electron chi connectivity index (χ0n) is 14.2. The maximum absolute atomic E-state index is 11.9. The highest BCUT2D eigenvalue weighted by molar-refractivity contribution is 5.69. The molecule has 1 aromatic carbocycles. The highest BCUT2D eigenvalue weighted by atomic mass is 18.2. The standard InChI is InChI=1S/C19H19FN4O2/c20-9-12-25-13-14-26-19-8-5-17(15-21-19)2-1-16-3-6-18(7-4-16)24-11-10-22-23-24/h1-8,10-11,15H,9,12-14H2/b2-1+/i20-1. The van der Waals surface area contributed by atoms with E-state index in [0.29, 0.717) is 19.1 Å². The monoisotopic (exact) mass is 353 g/mol. The maximum atomic E-state index is 11.9. The first-order chi connectivity index (χ1) is 12.8. The van der Waals surface area contributed by atoms with Crippen molar-refractivity contribution in [1.29, 1.82) is 0 Å². The van der Waals surface area contributed by atoms with E-state index >= 15 is 0 Å². The molecule has 2 aromatic heterocycles. The van der Waals surface area contributed by atoms with Crippen LogP contribution in [0.25, 0.3) is 17.8 Å². The van der Waals surface area contributed by atoms with E-state index in [1.165, 1.54) is 0 Å². The van der Waals surface area contributed by atoms with Crippen LogP contribution in [0.4, 0.5) is 4.39 Å². The summed E-state index contributed by atoms with van der Waals surface area (Å²) in [5.74, 6) is 0.517. The molecule has 2 heterocycles. The molecule has 0 saturated heterocycles. The lowest BCUT2D eigenvalue weighted by atomic mass is 10.1. The fourth-order valence-electron chi connectivity index (χ4n) is 2.21. The molecule has 0 unspecified atom stereocenters. The number of aromatic nitrogens is 4. The van der Waals surface area contributed by atoms with Gasteiger partial charge >= 0.3 is 0 Å². The third kappa shape index (κ3) is 5.22. The van der Waals surface area contributed by atoms with Crippen molar-refractivity contribution in [1.82, 2.24) is 20.0 Å². The highest BCUT2D eigenvalue weighted by Gasteiger charge is 1.98. The number of alkyl halides is 1. The third-order valence-electron chi connectivity index (χ3n) is 3.51. The number of hydrogen-bond acceptors (Lipinski definition) is 5. The zero-order valence-corrected chi connectivity index (χ0v) is 14.2. The molecule has 0 aliphatic rings. The van der Waals surface area contributed by atoms with Gasteiger partial charge in [-0.15, -0.1) is 5.10 Å². The van der Waals surface area contributed by atoms with Crippen molar-refractivity contribution in [3.05, 3.63) is 66.1 Å². The molecule has 0 aliphatic carbocycles. The van der Waals surface area contributed by atoms with Crippen LogP contribution in [-0.2, 0) is 4.74 Å². The molecular weight excluding hydrogens is 334 g/mol. The van der Waals surface area contributed by atoms with Crippen molar-refractivity contribution in [3.8, 4) is 11.6 Å². The van der Waals surface area contributed by atoms with Crippen molar-refractivity contribution in [3.63, 3.8) is 0 Å². The quantitative estimate of drug-likeness (QED) is 0.553. The average Bonchev–Trinajstić information content (AvgIpc) is 3.22. The van der Waals surface area contributed by atoms with E-state index in [0.717, 1.165) is 16.8 Å². The molecule has 0 atom stereocenters. The summed E-state index contributed by atoms with van der Waals surface area (Å²) >= 11 is 0. The Morgan fingerprint density at radius 2 is 1.77 bits per heavy atom. The van der Waals surface area contributed by atoms with Crippen LogP contribution >= 0.6 is 0 Å². The van der Waals surface area contributed by atoms with Crippen LogP contribution in [0.2, 0.25) is 0 Å². The highest BCUT2D eigenvalue weighted by Crippen LogP contribution is 2.13. The minimum absolute atomic E-state index is 0.0976. The fraction of sp³-hybridized carbons (Fsp3) is 0.211. The largest absolute Gasteiger partial charge is 0.475 e. The molecule has 0 spiro atoms. The number of pyridine rings is 1. The van der Waals surface area contributed by atoms with Gasteiger partial charge in [0.15, 0.2) is 0 Å². The third-order valence-corrected chi connectivity index (χ3v) is 3.51. The molecule has 0 N–H and O–H groups in total. The molecule has 0 bridgehead atoms. The lowest BCUT2D eigenvalue weighted by Gasteiger charge is -2.05. The number of benzene rings is 1. The van der Waals surface area contributed by atoms with Crippen LogP contribution in [-0.4, -0.2) is 46.5 Å². The van der Waals surface area contributed by atoms with Gasteiger partial charge in [0, 0.05) is 12.3 Å². The summed E-state index contributed by atoms with van der Waals surface area (Å²) in [6.45, 7) is 0.306. The van der Waals surface area contributed by atoms with E-state index in [1.54, 1.807) is 29.3 Å². The molecule has 0 radical (unpaired) electrons. The van der Waals surface area contributed by atoms with Gasteiger partial charge in [0.1, 0.15) is 13.3 Å². The van der Waals surface area contributed by atoms with Crippen LogP contribution in [0.3, 0.4) is 0 Å². The molecule has 26 heavy (non-hydrogen) atoms. The van der Waals surface area contributed by atoms with Crippen molar-refractivity contribution < 1.29 is 13.9 Å². The first-order valence-corrected chi connectivity index (χ1v) is 8.22. The Labute approximate surface area is 150 Å². The Hall–Kier alpha value is -3.06. The van der Waals surface area contributed by atoms with E-state index in [1.807, 2.05) is 42.5 Å².